The third-order valence-corrected chi connectivity index (χ3v) is 3.39. The lowest BCUT2D eigenvalue weighted by Gasteiger charge is -2.14. The van der Waals surface area contributed by atoms with Gasteiger partial charge in [-0.05, 0) is 18.2 Å². The van der Waals surface area contributed by atoms with Crippen LogP contribution in [-0.2, 0) is 10.0 Å². The normalized spacial score (nSPS) is 10.9. The number of amides is 2. The highest BCUT2D eigenvalue weighted by Gasteiger charge is 2.10. The number of nitrogens with zero attached hydrogens (tertiary/aromatic N) is 1. The Morgan fingerprint density at radius 3 is 2.50 bits per heavy atom. The average molecular weight is 301 g/mol. The molecule has 1 rings (SSSR count). The predicted octanol–water partition coefficient (Wildman–Crippen LogP) is -0.401. The van der Waals surface area contributed by atoms with Gasteiger partial charge in [-0.1, -0.05) is 0 Å². The Morgan fingerprint density at radius 1 is 1.30 bits per heavy atom. The minimum Gasteiger partial charge on any atom is -0.397 e. The van der Waals surface area contributed by atoms with Crippen LogP contribution in [0.4, 0.5) is 16.2 Å². The van der Waals surface area contributed by atoms with Gasteiger partial charge in [0.1, 0.15) is 0 Å². The zero-order valence-electron chi connectivity index (χ0n) is 11.4. The number of hydrogen-bond acceptors (Lipinski definition) is 5. The molecular weight excluding hydrogens is 282 g/mol. The molecule has 20 heavy (non-hydrogen) atoms. The molecule has 112 valence electrons. The summed E-state index contributed by atoms with van der Waals surface area (Å²) in [5.74, 6) is 0. The fourth-order valence-corrected chi connectivity index (χ4v) is 1.93. The molecule has 0 bridgehead atoms. The molecule has 0 aliphatic carbocycles. The van der Waals surface area contributed by atoms with E-state index in [1.807, 2.05) is 0 Å². The quantitative estimate of drug-likeness (QED) is 0.434. The topological polar surface area (TPSA) is 131 Å². The molecule has 0 saturated heterocycles. The SMILES string of the molecule is CN(C)C(=O)NCCNc1cc(S(N)(=O)=O)ccc1N. The lowest BCUT2D eigenvalue weighted by atomic mass is 10.2. The number of nitrogens with one attached hydrogen (secondary N) is 2. The van der Waals surface area contributed by atoms with Crippen molar-refractivity contribution in [2.45, 2.75) is 4.90 Å². The Balaban J connectivity index is 2.62. The van der Waals surface area contributed by atoms with Crippen molar-refractivity contribution in [1.82, 2.24) is 10.2 Å². The second-order valence-corrected chi connectivity index (χ2v) is 5.91. The number of nitrogens with two attached hydrogens (primary N) is 2. The minimum absolute atomic E-state index is 0.0217. The Bertz CT molecular complexity index is 586. The molecule has 9 heteroatoms. The van der Waals surface area contributed by atoms with Crippen molar-refractivity contribution in [2.75, 3.05) is 38.2 Å². The van der Waals surface area contributed by atoms with E-state index in [4.69, 9.17) is 10.9 Å². The van der Waals surface area contributed by atoms with E-state index in [0.717, 1.165) is 0 Å². The molecular formula is C11H19N5O3S. The summed E-state index contributed by atoms with van der Waals surface area (Å²) in [5, 5.41) is 10.6. The largest absolute Gasteiger partial charge is 0.397 e. The van der Waals surface area contributed by atoms with Crippen molar-refractivity contribution in [1.29, 1.82) is 0 Å². The van der Waals surface area contributed by atoms with Crippen molar-refractivity contribution < 1.29 is 13.2 Å². The summed E-state index contributed by atoms with van der Waals surface area (Å²) in [5.41, 5.74) is 6.58. The molecule has 1 aromatic rings. The third-order valence-electron chi connectivity index (χ3n) is 2.48. The van der Waals surface area contributed by atoms with Crippen LogP contribution in [0.3, 0.4) is 0 Å². The maximum atomic E-state index is 11.3. The monoisotopic (exact) mass is 301 g/mol. The first-order chi connectivity index (χ1) is 9.21. The summed E-state index contributed by atoms with van der Waals surface area (Å²) in [6.07, 6.45) is 0. The molecule has 0 aromatic heterocycles. The van der Waals surface area contributed by atoms with Gasteiger partial charge in [-0.3, -0.25) is 0 Å². The molecule has 0 radical (unpaired) electrons. The van der Waals surface area contributed by atoms with E-state index in [1.165, 1.54) is 23.1 Å². The highest BCUT2D eigenvalue weighted by atomic mass is 32.2. The van der Waals surface area contributed by atoms with Crippen LogP contribution in [0.25, 0.3) is 0 Å². The smallest absolute Gasteiger partial charge is 0.316 e. The van der Waals surface area contributed by atoms with Crippen molar-refractivity contribution in [2.24, 2.45) is 5.14 Å². The van der Waals surface area contributed by atoms with Gasteiger partial charge in [0.05, 0.1) is 16.3 Å². The number of sulfonamides is 1. The minimum atomic E-state index is -3.77. The van der Waals surface area contributed by atoms with Crippen LogP contribution < -0.4 is 21.5 Å². The fourth-order valence-electron chi connectivity index (χ4n) is 1.39. The lowest BCUT2D eigenvalue weighted by molar-refractivity contribution is 0.218. The van der Waals surface area contributed by atoms with Gasteiger partial charge >= 0.3 is 6.03 Å². The second kappa shape index (κ2) is 6.44. The first kappa shape index (κ1) is 16.1. The van der Waals surface area contributed by atoms with E-state index < -0.39 is 10.0 Å². The predicted molar refractivity (Wildman–Crippen MR) is 77.8 cm³/mol. The van der Waals surface area contributed by atoms with Crippen LogP contribution in [0.1, 0.15) is 0 Å². The number of carbonyl (C=O) groups is 1. The molecule has 0 spiro atoms. The molecule has 8 nitrogen and oxygen atoms in total. The van der Waals surface area contributed by atoms with Gasteiger partial charge in [0.15, 0.2) is 0 Å². The number of benzene rings is 1. The number of nitrogen functional groups attached to an aromatic ring is 1. The maximum absolute atomic E-state index is 11.3. The Kier molecular flexibility index (Phi) is 5.17. The van der Waals surface area contributed by atoms with E-state index in [0.29, 0.717) is 24.5 Å². The summed E-state index contributed by atoms with van der Waals surface area (Å²) < 4.78 is 22.5. The molecule has 0 atom stereocenters. The standard InChI is InChI=1S/C11H19N5O3S/c1-16(2)11(17)15-6-5-14-10-7-8(20(13,18)19)3-4-9(10)12/h3-4,7,14H,5-6,12H2,1-2H3,(H,15,17)(H2,13,18,19). The van der Waals surface area contributed by atoms with E-state index in [9.17, 15) is 13.2 Å². The lowest BCUT2D eigenvalue weighted by Crippen LogP contribution is -2.37. The van der Waals surface area contributed by atoms with Gasteiger partial charge in [0.25, 0.3) is 0 Å². The zero-order valence-corrected chi connectivity index (χ0v) is 12.2. The molecule has 1 aromatic carbocycles. The second-order valence-electron chi connectivity index (χ2n) is 4.35. The Morgan fingerprint density at radius 2 is 1.95 bits per heavy atom. The zero-order chi connectivity index (χ0) is 15.3. The van der Waals surface area contributed by atoms with E-state index in [1.54, 1.807) is 14.1 Å². The molecule has 0 saturated carbocycles. The number of anilines is 2. The van der Waals surface area contributed by atoms with E-state index in [-0.39, 0.29) is 10.9 Å². The number of primary sulfonamides is 1. The Labute approximate surface area is 118 Å². The molecule has 6 N–H and O–H groups in total. The molecule has 0 unspecified atom stereocenters. The van der Waals surface area contributed by atoms with Crippen LogP contribution in [0.5, 0.6) is 0 Å². The van der Waals surface area contributed by atoms with Crippen molar-refractivity contribution >= 4 is 27.4 Å². The van der Waals surface area contributed by atoms with Crippen molar-refractivity contribution in [3.63, 3.8) is 0 Å². The summed E-state index contributed by atoms with van der Waals surface area (Å²) in [7, 11) is -0.499. The summed E-state index contributed by atoms with van der Waals surface area (Å²) in [4.78, 5) is 12.7. The van der Waals surface area contributed by atoms with E-state index >= 15 is 0 Å². The van der Waals surface area contributed by atoms with Crippen LogP contribution in [-0.4, -0.2) is 46.5 Å². The summed E-state index contributed by atoms with van der Waals surface area (Å²) in [6.45, 7) is 0.772. The van der Waals surface area contributed by atoms with Gasteiger partial charge in [-0.25, -0.2) is 18.4 Å². The third kappa shape index (κ3) is 4.59. The molecule has 0 aliphatic heterocycles. The average Bonchev–Trinajstić information content (AvgIpc) is 2.34. The van der Waals surface area contributed by atoms with Gasteiger partial charge in [-0.2, -0.15) is 0 Å². The fraction of sp³-hybridized carbons (Fsp3) is 0.364. The summed E-state index contributed by atoms with van der Waals surface area (Å²) >= 11 is 0. The first-order valence-electron chi connectivity index (χ1n) is 5.83. The molecule has 0 heterocycles. The Hall–Kier alpha value is -2.00. The number of rotatable bonds is 5. The van der Waals surface area contributed by atoms with Crippen LogP contribution in [0, 0.1) is 0 Å². The number of carbonyl (C=O) groups excluding carboxylic acids is 1. The van der Waals surface area contributed by atoms with Crippen molar-refractivity contribution in [3.8, 4) is 0 Å². The number of hydrogen-bond donors (Lipinski definition) is 4. The van der Waals surface area contributed by atoms with Gasteiger partial charge in [0.2, 0.25) is 10.0 Å². The van der Waals surface area contributed by atoms with Crippen LogP contribution in [0.2, 0.25) is 0 Å². The highest BCUT2D eigenvalue weighted by Crippen LogP contribution is 2.21. The molecule has 0 aliphatic rings. The summed E-state index contributed by atoms with van der Waals surface area (Å²) in [6, 6.07) is 3.95. The maximum Gasteiger partial charge on any atom is 0.316 e. The molecule has 2 amide bonds. The highest BCUT2D eigenvalue weighted by molar-refractivity contribution is 7.89. The van der Waals surface area contributed by atoms with Gasteiger partial charge in [-0.15, -0.1) is 0 Å². The van der Waals surface area contributed by atoms with E-state index in [2.05, 4.69) is 10.6 Å². The van der Waals surface area contributed by atoms with Gasteiger partial charge in [0, 0.05) is 27.2 Å². The first-order valence-corrected chi connectivity index (χ1v) is 7.38. The van der Waals surface area contributed by atoms with Crippen LogP contribution in [0.15, 0.2) is 23.1 Å². The van der Waals surface area contributed by atoms with Crippen molar-refractivity contribution in [3.05, 3.63) is 18.2 Å². The molecule has 0 fully saturated rings. The van der Waals surface area contributed by atoms with Crippen LogP contribution >= 0.6 is 0 Å². The number of urea groups is 1. The van der Waals surface area contributed by atoms with Gasteiger partial charge < -0.3 is 21.3 Å².